The number of hydrogen-bond acceptors (Lipinski definition) is 3. The Morgan fingerprint density at radius 2 is 2.05 bits per heavy atom. The van der Waals surface area contributed by atoms with Crippen molar-refractivity contribution in [3.63, 3.8) is 0 Å². The molecule has 20 heavy (non-hydrogen) atoms. The van der Waals surface area contributed by atoms with E-state index in [2.05, 4.69) is 43.9 Å². The summed E-state index contributed by atoms with van der Waals surface area (Å²) >= 11 is 0. The van der Waals surface area contributed by atoms with E-state index >= 15 is 0 Å². The van der Waals surface area contributed by atoms with Crippen molar-refractivity contribution in [2.75, 3.05) is 19.7 Å². The molecule has 1 amide bonds. The van der Waals surface area contributed by atoms with Gasteiger partial charge < -0.3 is 10.5 Å². The quantitative estimate of drug-likeness (QED) is 0.742. The van der Waals surface area contributed by atoms with Gasteiger partial charge in [0, 0.05) is 12.6 Å². The van der Waals surface area contributed by atoms with E-state index in [1.54, 1.807) is 0 Å². The molecule has 0 bridgehead atoms. The summed E-state index contributed by atoms with van der Waals surface area (Å²) in [4.78, 5) is 13.1. The molecule has 4 nitrogen and oxygen atoms in total. The van der Waals surface area contributed by atoms with Gasteiger partial charge in [0.1, 0.15) is 5.75 Å². The second kappa shape index (κ2) is 7.90. The summed E-state index contributed by atoms with van der Waals surface area (Å²) in [5.41, 5.74) is 7.60. The molecule has 0 spiro atoms. The number of nitrogens with zero attached hydrogens (tertiary/aromatic N) is 1. The molecule has 0 heterocycles. The number of carbonyl (C=O) groups excluding carboxylic acids is 1. The Morgan fingerprint density at radius 3 is 2.65 bits per heavy atom. The zero-order valence-electron chi connectivity index (χ0n) is 13.0. The summed E-state index contributed by atoms with van der Waals surface area (Å²) in [7, 11) is 0. The van der Waals surface area contributed by atoms with Gasteiger partial charge in [0.05, 0.1) is 13.2 Å². The van der Waals surface area contributed by atoms with E-state index in [0.717, 1.165) is 24.3 Å². The molecular formula is C16H26N2O2. The largest absolute Gasteiger partial charge is 0.493 e. The molecule has 1 rings (SSSR count). The molecule has 0 aliphatic carbocycles. The van der Waals surface area contributed by atoms with Gasteiger partial charge in [-0.15, -0.1) is 0 Å². The molecule has 0 atom stereocenters. The van der Waals surface area contributed by atoms with Crippen molar-refractivity contribution in [1.82, 2.24) is 4.90 Å². The van der Waals surface area contributed by atoms with Gasteiger partial charge in [-0.1, -0.05) is 12.1 Å². The van der Waals surface area contributed by atoms with Crippen LogP contribution in [0.2, 0.25) is 0 Å². The molecule has 112 valence electrons. The number of benzene rings is 1. The van der Waals surface area contributed by atoms with E-state index in [1.807, 2.05) is 6.92 Å². The SMILES string of the molecule is Cc1ccc(C)c(OCCCN(CC(N)=O)C(C)C)c1. The number of amides is 1. The molecular weight excluding hydrogens is 252 g/mol. The lowest BCUT2D eigenvalue weighted by atomic mass is 10.1. The summed E-state index contributed by atoms with van der Waals surface area (Å²) in [6.45, 7) is 9.99. The molecule has 0 aliphatic heterocycles. The number of carbonyl (C=O) groups is 1. The molecule has 0 unspecified atom stereocenters. The van der Waals surface area contributed by atoms with Crippen molar-refractivity contribution in [2.24, 2.45) is 5.73 Å². The fourth-order valence-corrected chi connectivity index (χ4v) is 2.03. The fourth-order valence-electron chi connectivity index (χ4n) is 2.03. The highest BCUT2D eigenvalue weighted by molar-refractivity contribution is 5.75. The van der Waals surface area contributed by atoms with E-state index < -0.39 is 0 Å². The minimum absolute atomic E-state index is 0.283. The summed E-state index contributed by atoms with van der Waals surface area (Å²) in [5, 5.41) is 0. The monoisotopic (exact) mass is 278 g/mol. The normalized spacial score (nSPS) is 11.1. The molecule has 1 aromatic carbocycles. The summed E-state index contributed by atoms with van der Waals surface area (Å²) in [6, 6.07) is 6.51. The third-order valence-electron chi connectivity index (χ3n) is 3.28. The predicted octanol–water partition coefficient (Wildman–Crippen LogP) is 2.27. The van der Waals surface area contributed by atoms with Crippen LogP contribution in [0.4, 0.5) is 0 Å². The Kier molecular flexibility index (Phi) is 6.52. The van der Waals surface area contributed by atoms with Gasteiger partial charge in [0.25, 0.3) is 0 Å². The first kappa shape index (κ1) is 16.5. The lowest BCUT2D eigenvalue weighted by molar-refractivity contribution is -0.119. The Labute approximate surface area is 121 Å². The Morgan fingerprint density at radius 1 is 1.35 bits per heavy atom. The maximum atomic E-state index is 11.0. The second-order valence-corrected chi connectivity index (χ2v) is 5.50. The summed E-state index contributed by atoms with van der Waals surface area (Å²) in [5.74, 6) is 0.658. The highest BCUT2D eigenvalue weighted by Gasteiger charge is 2.11. The number of primary amides is 1. The van der Waals surface area contributed by atoms with Crippen LogP contribution in [0.25, 0.3) is 0 Å². The lowest BCUT2D eigenvalue weighted by Gasteiger charge is -2.24. The molecule has 0 aliphatic rings. The third-order valence-corrected chi connectivity index (χ3v) is 3.28. The molecule has 2 N–H and O–H groups in total. The Bertz CT molecular complexity index is 444. The maximum Gasteiger partial charge on any atom is 0.231 e. The number of aryl methyl sites for hydroxylation is 2. The number of rotatable bonds is 8. The number of nitrogens with two attached hydrogens (primary N) is 1. The minimum atomic E-state index is -0.283. The zero-order chi connectivity index (χ0) is 15.1. The van der Waals surface area contributed by atoms with Crippen LogP contribution in [-0.2, 0) is 4.79 Å². The zero-order valence-corrected chi connectivity index (χ0v) is 13.0. The van der Waals surface area contributed by atoms with Crippen LogP contribution < -0.4 is 10.5 Å². The van der Waals surface area contributed by atoms with E-state index in [4.69, 9.17) is 10.5 Å². The van der Waals surface area contributed by atoms with Crippen LogP contribution in [0.5, 0.6) is 5.75 Å². The standard InChI is InChI=1S/C16H26N2O2/c1-12(2)18(11-16(17)19)8-5-9-20-15-10-13(3)6-7-14(15)4/h6-7,10,12H,5,8-9,11H2,1-4H3,(H2,17,19). The first-order valence-corrected chi connectivity index (χ1v) is 7.12. The molecule has 4 heteroatoms. The molecule has 1 aromatic rings. The maximum absolute atomic E-state index is 11.0. The van der Waals surface area contributed by atoms with Gasteiger partial charge >= 0.3 is 0 Å². The van der Waals surface area contributed by atoms with Crippen molar-refractivity contribution < 1.29 is 9.53 Å². The van der Waals surface area contributed by atoms with E-state index in [0.29, 0.717) is 19.2 Å². The minimum Gasteiger partial charge on any atom is -0.493 e. The predicted molar refractivity (Wildman–Crippen MR) is 81.9 cm³/mol. The van der Waals surface area contributed by atoms with E-state index in [1.165, 1.54) is 5.56 Å². The van der Waals surface area contributed by atoms with Crippen molar-refractivity contribution in [3.8, 4) is 5.75 Å². The first-order chi connectivity index (χ1) is 9.40. The molecule has 0 radical (unpaired) electrons. The van der Waals surface area contributed by atoms with Gasteiger partial charge in [-0.2, -0.15) is 0 Å². The van der Waals surface area contributed by atoms with E-state index in [9.17, 15) is 4.79 Å². The van der Waals surface area contributed by atoms with Gasteiger partial charge in [0.15, 0.2) is 0 Å². The number of hydrogen-bond donors (Lipinski definition) is 1. The molecule has 0 saturated carbocycles. The Balaban J connectivity index is 2.40. The second-order valence-electron chi connectivity index (χ2n) is 5.50. The highest BCUT2D eigenvalue weighted by atomic mass is 16.5. The van der Waals surface area contributed by atoms with Crippen LogP contribution >= 0.6 is 0 Å². The highest BCUT2D eigenvalue weighted by Crippen LogP contribution is 2.19. The molecule has 0 aromatic heterocycles. The van der Waals surface area contributed by atoms with Crippen LogP contribution in [0, 0.1) is 13.8 Å². The lowest BCUT2D eigenvalue weighted by Crippen LogP contribution is -2.39. The summed E-state index contributed by atoms with van der Waals surface area (Å²) in [6.07, 6.45) is 0.874. The average Bonchev–Trinajstić information content (AvgIpc) is 2.36. The topological polar surface area (TPSA) is 55.6 Å². The van der Waals surface area contributed by atoms with Crippen molar-refractivity contribution in [3.05, 3.63) is 29.3 Å². The van der Waals surface area contributed by atoms with Crippen molar-refractivity contribution >= 4 is 5.91 Å². The third kappa shape index (κ3) is 5.61. The summed E-state index contributed by atoms with van der Waals surface area (Å²) < 4.78 is 5.81. The molecule has 0 fully saturated rings. The van der Waals surface area contributed by atoms with Gasteiger partial charge in [-0.3, -0.25) is 9.69 Å². The van der Waals surface area contributed by atoms with Crippen LogP contribution in [0.15, 0.2) is 18.2 Å². The van der Waals surface area contributed by atoms with E-state index in [-0.39, 0.29) is 5.91 Å². The van der Waals surface area contributed by atoms with Crippen LogP contribution in [0.3, 0.4) is 0 Å². The van der Waals surface area contributed by atoms with Crippen molar-refractivity contribution in [2.45, 2.75) is 40.2 Å². The first-order valence-electron chi connectivity index (χ1n) is 7.12. The van der Waals surface area contributed by atoms with Gasteiger partial charge in [0.2, 0.25) is 5.91 Å². The van der Waals surface area contributed by atoms with Gasteiger partial charge in [-0.05, 0) is 51.3 Å². The van der Waals surface area contributed by atoms with Crippen molar-refractivity contribution in [1.29, 1.82) is 0 Å². The smallest absolute Gasteiger partial charge is 0.231 e. The average molecular weight is 278 g/mol. The number of ether oxygens (including phenoxy) is 1. The van der Waals surface area contributed by atoms with Crippen LogP contribution in [-0.4, -0.2) is 36.5 Å². The fraction of sp³-hybridized carbons (Fsp3) is 0.562. The van der Waals surface area contributed by atoms with Gasteiger partial charge in [-0.25, -0.2) is 0 Å². The van der Waals surface area contributed by atoms with Crippen LogP contribution in [0.1, 0.15) is 31.4 Å². The molecule has 0 saturated heterocycles. The Hall–Kier alpha value is -1.55.